The van der Waals surface area contributed by atoms with E-state index >= 15 is 0 Å². The zero-order chi connectivity index (χ0) is 15.7. The molecule has 1 aliphatic carbocycles. The first-order chi connectivity index (χ1) is 10.6. The third-order valence-corrected chi connectivity index (χ3v) is 4.91. The largest absolute Gasteiger partial charge is 0.473 e. The molecule has 1 amide bonds. The summed E-state index contributed by atoms with van der Waals surface area (Å²) in [5, 5.41) is 3.64. The van der Waals surface area contributed by atoms with Crippen molar-refractivity contribution >= 4 is 17.2 Å². The topological polar surface area (TPSA) is 64.1 Å². The molecule has 6 heteroatoms. The average Bonchev–Trinajstić information content (AvgIpc) is 3.26. The average molecular weight is 317 g/mol. The molecule has 3 rings (SSSR count). The van der Waals surface area contributed by atoms with Gasteiger partial charge < -0.3 is 10.1 Å². The van der Waals surface area contributed by atoms with Crippen LogP contribution in [0.5, 0.6) is 5.19 Å². The van der Waals surface area contributed by atoms with Gasteiger partial charge in [0.15, 0.2) is 0 Å². The molecule has 2 aromatic heterocycles. The molecule has 0 saturated heterocycles. The van der Waals surface area contributed by atoms with Gasteiger partial charge in [0.2, 0.25) is 0 Å². The lowest BCUT2D eigenvalue weighted by Crippen LogP contribution is -2.30. The highest BCUT2D eigenvalue weighted by atomic mass is 32.1. The van der Waals surface area contributed by atoms with Gasteiger partial charge in [-0.1, -0.05) is 11.3 Å². The standard InChI is InChI=1S/C16H19N3O2S/c1-9-6-7-17-12(8-9)13(11-4-5-11)19-15(20)14-10(2)18-16(21-3)22-14/h6-8,11,13H,4-5H2,1-3H3,(H,19,20)/t13-/m1/s1. The zero-order valence-corrected chi connectivity index (χ0v) is 13.7. The summed E-state index contributed by atoms with van der Waals surface area (Å²) in [5.74, 6) is 0.381. The van der Waals surface area contributed by atoms with E-state index in [1.165, 1.54) is 11.3 Å². The highest BCUT2D eigenvalue weighted by Crippen LogP contribution is 2.41. The van der Waals surface area contributed by atoms with E-state index in [-0.39, 0.29) is 11.9 Å². The summed E-state index contributed by atoms with van der Waals surface area (Å²) in [6.45, 7) is 3.86. The number of aryl methyl sites for hydroxylation is 2. The van der Waals surface area contributed by atoms with Crippen LogP contribution in [0, 0.1) is 19.8 Å². The van der Waals surface area contributed by atoms with Crippen molar-refractivity contribution in [1.82, 2.24) is 15.3 Å². The Morgan fingerprint density at radius 3 is 2.82 bits per heavy atom. The van der Waals surface area contributed by atoms with E-state index in [9.17, 15) is 4.79 Å². The number of hydrogen-bond donors (Lipinski definition) is 1. The number of rotatable bonds is 5. The van der Waals surface area contributed by atoms with Gasteiger partial charge in [0.25, 0.3) is 11.1 Å². The number of amides is 1. The molecule has 22 heavy (non-hydrogen) atoms. The minimum Gasteiger partial charge on any atom is -0.473 e. The first-order valence-electron chi connectivity index (χ1n) is 7.33. The fourth-order valence-corrected chi connectivity index (χ4v) is 3.25. The monoisotopic (exact) mass is 317 g/mol. The third kappa shape index (κ3) is 3.11. The van der Waals surface area contributed by atoms with Gasteiger partial charge in [0.1, 0.15) is 4.88 Å². The van der Waals surface area contributed by atoms with Crippen molar-refractivity contribution in [3.05, 3.63) is 40.2 Å². The Balaban J connectivity index is 1.82. The molecule has 0 aromatic carbocycles. The van der Waals surface area contributed by atoms with Crippen LogP contribution in [0.15, 0.2) is 18.3 Å². The van der Waals surface area contributed by atoms with Crippen LogP contribution in [0.3, 0.4) is 0 Å². The van der Waals surface area contributed by atoms with Gasteiger partial charge in [-0.25, -0.2) is 4.98 Å². The van der Waals surface area contributed by atoms with Crippen LogP contribution < -0.4 is 10.1 Å². The van der Waals surface area contributed by atoms with Crippen molar-refractivity contribution in [2.45, 2.75) is 32.7 Å². The van der Waals surface area contributed by atoms with Crippen molar-refractivity contribution in [1.29, 1.82) is 0 Å². The molecule has 2 aromatic rings. The molecule has 0 spiro atoms. The predicted molar refractivity (Wildman–Crippen MR) is 85.3 cm³/mol. The van der Waals surface area contributed by atoms with E-state index in [1.54, 1.807) is 13.3 Å². The van der Waals surface area contributed by atoms with Crippen molar-refractivity contribution in [3.8, 4) is 5.19 Å². The number of thiazole rings is 1. The minimum atomic E-state index is -0.0986. The lowest BCUT2D eigenvalue weighted by molar-refractivity contribution is 0.0934. The number of aromatic nitrogens is 2. The maximum Gasteiger partial charge on any atom is 0.273 e. The second-order valence-electron chi connectivity index (χ2n) is 5.65. The van der Waals surface area contributed by atoms with Gasteiger partial charge >= 0.3 is 0 Å². The third-order valence-electron chi connectivity index (χ3n) is 3.79. The maximum absolute atomic E-state index is 12.6. The molecule has 0 bridgehead atoms. The van der Waals surface area contributed by atoms with E-state index in [2.05, 4.69) is 15.3 Å². The van der Waals surface area contributed by atoms with Gasteiger partial charge in [-0.05, 0) is 50.3 Å². The molecule has 5 nitrogen and oxygen atoms in total. The molecule has 0 aliphatic heterocycles. The summed E-state index contributed by atoms with van der Waals surface area (Å²) in [6.07, 6.45) is 4.06. The number of nitrogens with one attached hydrogen (secondary N) is 1. The van der Waals surface area contributed by atoms with Crippen molar-refractivity contribution in [3.63, 3.8) is 0 Å². The molecule has 0 radical (unpaired) electrons. The van der Waals surface area contributed by atoms with Crippen LogP contribution in [0.1, 0.15) is 45.5 Å². The van der Waals surface area contributed by atoms with Crippen molar-refractivity contribution < 1.29 is 9.53 Å². The Morgan fingerprint density at radius 2 is 2.23 bits per heavy atom. The Kier molecular flexibility index (Phi) is 4.11. The van der Waals surface area contributed by atoms with E-state index in [0.29, 0.717) is 21.7 Å². The van der Waals surface area contributed by atoms with Gasteiger partial charge in [-0.2, -0.15) is 0 Å². The Hall–Kier alpha value is -1.95. The maximum atomic E-state index is 12.6. The number of methoxy groups -OCH3 is 1. The van der Waals surface area contributed by atoms with Gasteiger partial charge in [0, 0.05) is 6.20 Å². The second kappa shape index (κ2) is 6.04. The Labute approximate surface area is 133 Å². The SMILES string of the molecule is COc1nc(C)c(C(=O)N[C@@H](c2cc(C)ccn2)C2CC2)s1. The van der Waals surface area contributed by atoms with E-state index in [0.717, 1.165) is 24.1 Å². The Morgan fingerprint density at radius 1 is 1.45 bits per heavy atom. The minimum absolute atomic E-state index is 0.0279. The predicted octanol–water partition coefficient (Wildman–Crippen LogP) is 3.04. The van der Waals surface area contributed by atoms with Crippen LogP contribution >= 0.6 is 11.3 Å². The lowest BCUT2D eigenvalue weighted by Gasteiger charge is -2.17. The number of carbonyl (C=O) groups is 1. The van der Waals surface area contributed by atoms with Gasteiger partial charge in [-0.15, -0.1) is 0 Å². The van der Waals surface area contributed by atoms with E-state index in [4.69, 9.17) is 4.74 Å². The first kappa shape index (κ1) is 15.0. The molecule has 116 valence electrons. The van der Waals surface area contributed by atoms with Gasteiger partial charge in [-0.3, -0.25) is 9.78 Å². The summed E-state index contributed by atoms with van der Waals surface area (Å²) in [6, 6.07) is 3.98. The molecule has 1 atom stereocenters. The summed E-state index contributed by atoms with van der Waals surface area (Å²) >= 11 is 1.27. The number of pyridine rings is 1. The van der Waals surface area contributed by atoms with Crippen molar-refractivity contribution in [2.75, 3.05) is 7.11 Å². The van der Waals surface area contributed by atoms with Crippen LogP contribution in [0.25, 0.3) is 0 Å². The first-order valence-corrected chi connectivity index (χ1v) is 8.15. The molecule has 1 fully saturated rings. The quantitative estimate of drug-likeness (QED) is 0.920. The number of hydrogen-bond acceptors (Lipinski definition) is 5. The van der Waals surface area contributed by atoms with E-state index in [1.807, 2.05) is 26.0 Å². The number of ether oxygens (including phenoxy) is 1. The molecule has 2 heterocycles. The highest BCUT2D eigenvalue weighted by molar-refractivity contribution is 7.15. The summed E-state index contributed by atoms with van der Waals surface area (Å²) in [5.41, 5.74) is 2.79. The zero-order valence-electron chi connectivity index (χ0n) is 12.9. The summed E-state index contributed by atoms with van der Waals surface area (Å²) < 4.78 is 5.11. The molecule has 1 saturated carbocycles. The summed E-state index contributed by atoms with van der Waals surface area (Å²) in [4.78, 5) is 21.8. The van der Waals surface area contributed by atoms with Crippen LogP contribution in [-0.2, 0) is 0 Å². The molecule has 1 N–H and O–H groups in total. The molecular formula is C16H19N3O2S. The number of nitrogens with zero attached hydrogens (tertiary/aromatic N) is 2. The Bertz CT molecular complexity index is 694. The number of carbonyl (C=O) groups excluding carboxylic acids is 1. The lowest BCUT2D eigenvalue weighted by atomic mass is 10.1. The second-order valence-corrected chi connectivity index (χ2v) is 6.61. The fraction of sp³-hybridized carbons (Fsp3) is 0.438. The van der Waals surface area contributed by atoms with Crippen LogP contribution in [0.2, 0.25) is 0 Å². The highest BCUT2D eigenvalue weighted by Gasteiger charge is 2.35. The smallest absolute Gasteiger partial charge is 0.273 e. The molecular weight excluding hydrogens is 298 g/mol. The molecule has 0 unspecified atom stereocenters. The van der Waals surface area contributed by atoms with Crippen LogP contribution in [-0.4, -0.2) is 23.0 Å². The van der Waals surface area contributed by atoms with Crippen LogP contribution in [0.4, 0.5) is 0 Å². The van der Waals surface area contributed by atoms with Gasteiger partial charge in [0.05, 0.1) is 24.5 Å². The summed E-state index contributed by atoms with van der Waals surface area (Å²) in [7, 11) is 1.56. The van der Waals surface area contributed by atoms with E-state index < -0.39 is 0 Å². The molecule has 1 aliphatic rings. The fourth-order valence-electron chi connectivity index (χ4n) is 2.47. The van der Waals surface area contributed by atoms with Crippen molar-refractivity contribution in [2.24, 2.45) is 5.92 Å². The normalized spacial score (nSPS) is 15.4.